The van der Waals surface area contributed by atoms with Crippen LogP contribution in [0.3, 0.4) is 0 Å². The monoisotopic (exact) mass is 375 g/mol. The van der Waals surface area contributed by atoms with Crippen LogP contribution >= 0.6 is 0 Å². The number of amides is 1. The fourth-order valence-corrected chi connectivity index (χ4v) is 4.27. The average molecular weight is 375 g/mol. The molecule has 0 bridgehead atoms. The zero-order chi connectivity index (χ0) is 18.9. The molecule has 144 valence electrons. The third kappa shape index (κ3) is 3.39. The van der Waals surface area contributed by atoms with Crippen molar-refractivity contribution < 1.29 is 4.79 Å². The third-order valence-corrected chi connectivity index (χ3v) is 5.95. The highest BCUT2D eigenvalue weighted by atomic mass is 16.2. The van der Waals surface area contributed by atoms with Gasteiger partial charge in [0.15, 0.2) is 5.65 Å². The molecule has 0 aliphatic heterocycles. The van der Waals surface area contributed by atoms with Gasteiger partial charge in [-0.15, -0.1) is 0 Å². The van der Waals surface area contributed by atoms with Crippen molar-refractivity contribution in [3.8, 4) is 0 Å². The van der Waals surface area contributed by atoms with E-state index in [-0.39, 0.29) is 11.9 Å². The molecule has 5 rings (SSSR count). The minimum absolute atomic E-state index is 0.0473. The SMILES string of the molecule is O=C(c1cnc2c(c1)ncn2C1CC1)N(Cc1cccnc1)C1CCCCC1. The summed E-state index contributed by atoms with van der Waals surface area (Å²) in [4.78, 5) is 28.8. The molecule has 2 aliphatic carbocycles. The summed E-state index contributed by atoms with van der Waals surface area (Å²) in [5, 5.41) is 0. The maximum Gasteiger partial charge on any atom is 0.256 e. The third-order valence-electron chi connectivity index (χ3n) is 5.95. The lowest BCUT2D eigenvalue weighted by atomic mass is 9.93. The van der Waals surface area contributed by atoms with Gasteiger partial charge in [0, 0.05) is 37.2 Å². The van der Waals surface area contributed by atoms with Crippen molar-refractivity contribution in [3.63, 3.8) is 0 Å². The van der Waals surface area contributed by atoms with Gasteiger partial charge in [0.05, 0.1) is 11.9 Å². The van der Waals surface area contributed by atoms with E-state index in [1.807, 2.05) is 35.6 Å². The lowest BCUT2D eigenvalue weighted by Crippen LogP contribution is -2.41. The lowest BCUT2D eigenvalue weighted by Gasteiger charge is -2.34. The summed E-state index contributed by atoms with van der Waals surface area (Å²) in [6.07, 6.45) is 15.3. The quantitative estimate of drug-likeness (QED) is 0.672. The molecule has 0 radical (unpaired) electrons. The number of carbonyl (C=O) groups excluding carboxylic acids is 1. The fourth-order valence-electron chi connectivity index (χ4n) is 4.27. The van der Waals surface area contributed by atoms with Gasteiger partial charge in [0.1, 0.15) is 5.52 Å². The molecule has 0 saturated heterocycles. The van der Waals surface area contributed by atoms with Crippen molar-refractivity contribution in [2.24, 2.45) is 0 Å². The van der Waals surface area contributed by atoms with Crippen molar-refractivity contribution in [3.05, 3.63) is 54.2 Å². The Balaban J connectivity index is 1.45. The van der Waals surface area contributed by atoms with Crippen LogP contribution in [0.15, 0.2) is 43.1 Å². The molecule has 3 aromatic heterocycles. The van der Waals surface area contributed by atoms with E-state index in [2.05, 4.69) is 19.5 Å². The normalized spacial score (nSPS) is 17.7. The van der Waals surface area contributed by atoms with Crippen LogP contribution in [0.5, 0.6) is 0 Å². The van der Waals surface area contributed by atoms with Gasteiger partial charge in [-0.2, -0.15) is 0 Å². The molecule has 6 heteroatoms. The van der Waals surface area contributed by atoms with Crippen LogP contribution in [0.4, 0.5) is 0 Å². The Morgan fingerprint density at radius 1 is 1.11 bits per heavy atom. The maximum absolute atomic E-state index is 13.5. The minimum atomic E-state index is 0.0473. The summed E-state index contributed by atoms with van der Waals surface area (Å²) in [5.74, 6) is 0.0473. The highest BCUT2D eigenvalue weighted by molar-refractivity contribution is 5.96. The maximum atomic E-state index is 13.5. The highest BCUT2D eigenvalue weighted by Crippen LogP contribution is 2.36. The first kappa shape index (κ1) is 17.3. The van der Waals surface area contributed by atoms with Crippen LogP contribution < -0.4 is 0 Å². The second-order valence-electron chi connectivity index (χ2n) is 8.04. The molecular weight excluding hydrogens is 350 g/mol. The molecule has 0 spiro atoms. The standard InChI is InChI=1S/C22H25N5O/c28-22(17-11-20-21(24-13-17)27(15-25-20)19-8-9-19)26(18-6-2-1-3-7-18)14-16-5-4-10-23-12-16/h4-5,10-13,15,18-19H,1-3,6-9,14H2. The number of nitrogens with zero attached hydrogens (tertiary/aromatic N) is 5. The minimum Gasteiger partial charge on any atom is -0.331 e. The van der Waals surface area contributed by atoms with E-state index in [1.54, 1.807) is 12.4 Å². The molecule has 2 saturated carbocycles. The van der Waals surface area contributed by atoms with Crippen LogP contribution in [-0.4, -0.2) is 36.4 Å². The lowest BCUT2D eigenvalue weighted by molar-refractivity contribution is 0.0614. The number of pyridine rings is 2. The van der Waals surface area contributed by atoms with E-state index >= 15 is 0 Å². The molecule has 28 heavy (non-hydrogen) atoms. The summed E-state index contributed by atoms with van der Waals surface area (Å²) >= 11 is 0. The average Bonchev–Trinajstić information content (AvgIpc) is 3.51. The van der Waals surface area contributed by atoms with Gasteiger partial charge in [-0.3, -0.25) is 9.78 Å². The molecule has 6 nitrogen and oxygen atoms in total. The Hall–Kier alpha value is -2.76. The van der Waals surface area contributed by atoms with Crippen molar-refractivity contribution in [1.82, 2.24) is 24.4 Å². The Bertz CT molecular complexity index is 973. The van der Waals surface area contributed by atoms with E-state index < -0.39 is 0 Å². The summed E-state index contributed by atoms with van der Waals surface area (Å²) in [6.45, 7) is 0.589. The number of hydrogen-bond acceptors (Lipinski definition) is 4. The van der Waals surface area contributed by atoms with Gasteiger partial charge in [0.25, 0.3) is 5.91 Å². The smallest absolute Gasteiger partial charge is 0.256 e. The Kier molecular flexibility index (Phi) is 4.55. The molecule has 2 aliphatic rings. The second-order valence-corrected chi connectivity index (χ2v) is 8.04. The number of fused-ring (bicyclic) bond motifs is 1. The first-order chi connectivity index (χ1) is 13.8. The number of hydrogen-bond donors (Lipinski definition) is 0. The van der Waals surface area contributed by atoms with Gasteiger partial charge < -0.3 is 9.47 Å². The molecule has 0 aromatic carbocycles. The van der Waals surface area contributed by atoms with Crippen molar-refractivity contribution in [2.75, 3.05) is 0 Å². The highest BCUT2D eigenvalue weighted by Gasteiger charge is 2.28. The molecule has 2 fully saturated rings. The van der Waals surface area contributed by atoms with E-state index in [9.17, 15) is 4.79 Å². The van der Waals surface area contributed by atoms with Crippen LogP contribution in [-0.2, 0) is 6.54 Å². The van der Waals surface area contributed by atoms with Crippen molar-refractivity contribution in [1.29, 1.82) is 0 Å². The predicted molar refractivity (Wildman–Crippen MR) is 107 cm³/mol. The number of rotatable bonds is 5. The van der Waals surface area contributed by atoms with E-state index in [4.69, 9.17) is 0 Å². The largest absolute Gasteiger partial charge is 0.331 e. The van der Waals surface area contributed by atoms with Crippen LogP contribution in [0, 0.1) is 0 Å². The second kappa shape index (κ2) is 7.34. The summed E-state index contributed by atoms with van der Waals surface area (Å²) in [6, 6.07) is 6.68. The van der Waals surface area contributed by atoms with Gasteiger partial charge >= 0.3 is 0 Å². The molecule has 1 amide bonds. The molecular formula is C22H25N5O. The summed E-state index contributed by atoms with van der Waals surface area (Å²) < 4.78 is 2.14. The van der Waals surface area contributed by atoms with Gasteiger partial charge in [0.2, 0.25) is 0 Å². The van der Waals surface area contributed by atoms with Crippen LogP contribution in [0.25, 0.3) is 11.2 Å². The van der Waals surface area contributed by atoms with Gasteiger partial charge in [-0.1, -0.05) is 25.3 Å². The van der Waals surface area contributed by atoms with E-state index in [0.717, 1.165) is 29.6 Å². The molecule has 3 aromatic rings. The Morgan fingerprint density at radius 2 is 1.96 bits per heavy atom. The number of imidazole rings is 1. The summed E-state index contributed by atoms with van der Waals surface area (Å²) in [5.41, 5.74) is 3.38. The zero-order valence-corrected chi connectivity index (χ0v) is 16.0. The molecule has 0 N–H and O–H groups in total. The topological polar surface area (TPSA) is 63.9 Å². The Morgan fingerprint density at radius 3 is 2.71 bits per heavy atom. The number of aromatic nitrogens is 4. The van der Waals surface area contributed by atoms with Gasteiger partial charge in [-0.05, 0) is 43.4 Å². The van der Waals surface area contributed by atoms with E-state index in [0.29, 0.717) is 18.2 Å². The zero-order valence-electron chi connectivity index (χ0n) is 16.0. The van der Waals surface area contributed by atoms with E-state index in [1.165, 1.54) is 32.1 Å². The first-order valence-corrected chi connectivity index (χ1v) is 10.3. The fraction of sp³-hybridized carbons (Fsp3) is 0.455. The van der Waals surface area contributed by atoms with Crippen molar-refractivity contribution in [2.45, 2.75) is 63.6 Å². The van der Waals surface area contributed by atoms with Crippen LogP contribution in [0.2, 0.25) is 0 Å². The van der Waals surface area contributed by atoms with Gasteiger partial charge in [-0.25, -0.2) is 9.97 Å². The molecule has 0 unspecified atom stereocenters. The number of carbonyl (C=O) groups is 1. The van der Waals surface area contributed by atoms with Crippen LogP contribution in [0.1, 0.15) is 66.9 Å². The first-order valence-electron chi connectivity index (χ1n) is 10.3. The predicted octanol–water partition coefficient (Wildman–Crippen LogP) is 4.14. The Labute approximate surface area is 164 Å². The molecule has 3 heterocycles. The van der Waals surface area contributed by atoms with Crippen molar-refractivity contribution >= 4 is 17.1 Å². The molecule has 0 atom stereocenters. The summed E-state index contributed by atoms with van der Waals surface area (Å²) in [7, 11) is 0.